The average Bonchev–Trinajstić information content (AvgIpc) is 2.96. The first-order valence-electron chi connectivity index (χ1n) is 13.0. The third kappa shape index (κ3) is 5.00. The van der Waals surface area contributed by atoms with Gasteiger partial charge in [-0.1, -0.05) is 79.2 Å². The summed E-state index contributed by atoms with van der Waals surface area (Å²) in [6, 6.07) is 32.4. The Labute approximate surface area is 223 Å². The van der Waals surface area contributed by atoms with Gasteiger partial charge >= 0.3 is 0 Å². The molecular weight excluding hydrogens is 470 g/mol. The lowest BCUT2D eigenvalue weighted by atomic mass is 10.1. The molecule has 0 N–H and O–H groups in total. The maximum absolute atomic E-state index is 14.0. The Morgan fingerprint density at radius 2 is 1.50 bits per heavy atom. The van der Waals surface area contributed by atoms with Gasteiger partial charge in [-0.25, -0.2) is 4.98 Å². The fraction of sp³-hybridized carbons (Fsp3) is 0.182. The fourth-order valence-corrected chi connectivity index (χ4v) is 4.73. The van der Waals surface area contributed by atoms with Crippen LogP contribution < -0.4 is 5.56 Å². The van der Waals surface area contributed by atoms with E-state index in [-0.39, 0.29) is 11.5 Å². The minimum absolute atomic E-state index is 0.109. The van der Waals surface area contributed by atoms with Crippen LogP contribution in [0.1, 0.15) is 52.8 Å². The molecular formula is C33H31N3O2. The van der Waals surface area contributed by atoms with Gasteiger partial charge < -0.3 is 4.90 Å². The molecule has 0 fully saturated rings. The molecule has 38 heavy (non-hydrogen) atoms. The molecule has 1 atom stereocenters. The first kappa shape index (κ1) is 25.2. The monoisotopic (exact) mass is 501 g/mol. The van der Waals surface area contributed by atoms with E-state index in [2.05, 4.69) is 6.92 Å². The van der Waals surface area contributed by atoms with Gasteiger partial charge in [-0.05, 0) is 67.8 Å². The molecule has 190 valence electrons. The summed E-state index contributed by atoms with van der Waals surface area (Å²) in [4.78, 5) is 34.6. The second-order valence-electron chi connectivity index (χ2n) is 9.61. The van der Waals surface area contributed by atoms with Crippen molar-refractivity contribution in [2.24, 2.45) is 0 Å². The Morgan fingerprint density at radius 1 is 0.842 bits per heavy atom. The predicted molar refractivity (Wildman–Crippen MR) is 153 cm³/mol. The van der Waals surface area contributed by atoms with Crippen molar-refractivity contribution in [3.05, 3.63) is 142 Å². The van der Waals surface area contributed by atoms with Crippen molar-refractivity contribution in [1.82, 2.24) is 14.5 Å². The zero-order valence-electron chi connectivity index (χ0n) is 22.0. The van der Waals surface area contributed by atoms with Crippen molar-refractivity contribution in [2.75, 3.05) is 0 Å². The van der Waals surface area contributed by atoms with Crippen molar-refractivity contribution in [2.45, 2.75) is 39.8 Å². The SMILES string of the molecule is CCc1ccc(C(=O)N(Cc2ccccc2)C(C)c2nc3ccccc3c(=O)n2-c2ccc(C)cc2)cc1. The summed E-state index contributed by atoms with van der Waals surface area (Å²) in [5.41, 5.74) is 5.07. The summed E-state index contributed by atoms with van der Waals surface area (Å²) in [6.45, 7) is 6.44. The highest BCUT2D eigenvalue weighted by atomic mass is 16.2. The van der Waals surface area contributed by atoms with E-state index in [1.165, 1.54) is 5.56 Å². The number of amides is 1. The summed E-state index contributed by atoms with van der Waals surface area (Å²) < 4.78 is 1.65. The van der Waals surface area contributed by atoms with Gasteiger partial charge in [0.2, 0.25) is 0 Å². The average molecular weight is 502 g/mol. The second kappa shape index (κ2) is 10.9. The van der Waals surface area contributed by atoms with Crippen molar-refractivity contribution in [3.8, 4) is 5.69 Å². The molecule has 0 spiro atoms. The van der Waals surface area contributed by atoms with E-state index in [1.54, 1.807) is 15.5 Å². The topological polar surface area (TPSA) is 55.2 Å². The number of rotatable bonds is 7. The van der Waals surface area contributed by atoms with Crippen LogP contribution in [0.2, 0.25) is 0 Å². The standard InChI is InChI=1S/C33H31N3O2/c1-4-25-16-18-27(19-17-25)32(37)35(22-26-10-6-5-7-11-26)24(3)31-34-30-13-9-8-12-29(30)33(38)36(31)28-20-14-23(2)15-21-28/h5-21,24H,4,22H2,1-3H3. The molecule has 1 amide bonds. The predicted octanol–water partition coefficient (Wildman–Crippen LogP) is 6.66. The summed E-state index contributed by atoms with van der Waals surface area (Å²) in [5, 5.41) is 0.542. The maximum Gasteiger partial charge on any atom is 0.266 e. The summed E-state index contributed by atoms with van der Waals surface area (Å²) in [5.74, 6) is 0.411. The minimum atomic E-state index is -0.493. The number of benzene rings is 4. The Bertz CT molecular complexity index is 1620. The number of aryl methyl sites for hydroxylation is 2. The summed E-state index contributed by atoms with van der Waals surface area (Å²) in [7, 11) is 0. The van der Waals surface area contributed by atoms with Crippen molar-refractivity contribution in [3.63, 3.8) is 0 Å². The van der Waals surface area contributed by atoms with Crippen molar-refractivity contribution >= 4 is 16.8 Å². The quantitative estimate of drug-likeness (QED) is 0.251. The van der Waals surface area contributed by atoms with Crippen LogP contribution in [0.4, 0.5) is 0 Å². The largest absolute Gasteiger partial charge is 0.324 e. The Morgan fingerprint density at radius 3 is 2.18 bits per heavy atom. The number of carbonyl (C=O) groups excluding carboxylic acids is 1. The molecule has 5 nitrogen and oxygen atoms in total. The minimum Gasteiger partial charge on any atom is -0.324 e. The Hall–Kier alpha value is -4.51. The van der Waals surface area contributed by atoms with Gasteiger partial charge in [0, 0.05) is 12.1 Å². The van der Waals surface area contributed by atoms with Crippen LogP contribution in [-0.2, 0) is 13.0 Å². The van der Waals surface area contributed by atoms with E-state index in [1.807, 2.05) is 111 Å². The molecule has 0 saturated carbocycles. The highest BCUT2D eigenvalue weighted by molar-refractivity contribution is 5.94. The van der Waals surface area contributed by atoms with Crippen LogP contribution in [0.25, 0.3) is 16.6 Å². The van der Waals surface area contributed by atoms with Gasteiger partial charge in [0.1, 0.15) is 5.82 Å². The molecule has 5 heteroatoms. The van der Waals surface area contributed by atoms with Crippen molar-refractivity contribution < 1.29 is 4.79 Å². The molecule has 5 aromatic rings. The summed E-state index contributed by atoms with van der Waals surface area (Å²) in [6.07, 6.45) is 0.905. The number of fused-ring (bicyclic) bond motifs is 1. The Balaban J connectivity index is 1.68. The van der Waals surface area contributed by atoms with Gasteiger partial charge in [0.25, 0.3) is 11.5 Å². The summed E-state index contributed by atoms with van der Waals surface area (Å²) >= 11 is 0. The molecule has 0 aliphatic rings. The number of aromatic nitrogens is 2. The van der Waals surface area contributed by atoms with Crippen LogP contribution in [-0.4, -0.2) is 20.4 Å². The molecule has 0 aliphatic carbocycles. The van der Waals surface area contributed by atoms with Crippen molar-refractivity contribution in [1.29, 1.82) is 0 Å². The number of para-hydroxylation sites is 1. The molecule has 0 bridgehead atoms. The number of carbonyl (C=O) groups is 1. The van der Waals surface area contributed by atoms with E-state index in [9.17, 15) is 9.59 Å². The van der Waals surface area contributed by atoms with Crippen LogP contribution >= 0.6 is 0 Å². The smallest absolute Gasteiger partial charge is 0.266 e. The third-order valence-corrected chi connectivity index (χ3v) is 7.00. The van der Waals surface area contributed by atoms with Gasteiger partial charge in [-0.2, -0.15) is 0 Å². The van der Waals surface area contributed by atoms with Crippen LogP contribution in [0.5, 0.6) is 0 Å². The lowest BCUT2D eigenvalue weighted by Gasteiger charge is -2.31. The van der Waals surface area contributed by atoms with Crippen LogP contribution in [0.3, 0.4) is 0 Å². The lowest BCUT2D eigenvalue weighted by molar-refractivity contribution is 0.0664. The molecule has 5 rings (SSSR count). The first-order valence-corrected chi connectivity index (χ1v) is 13.0. The molecule has 4 aromatic carbocycles. The van der Waals surface area contributed by atoms with Gasteiger partial charge in [0.15, 0.2) is 0 Å². The normalized spacial score (nSPS) is 11.9. The van der Waals surface area contributed by atoms with Gasteiger partial charge in [0.05, 0.1) is 22.6 Å². The number of hydrogen-bond donors (Lipinski definition) is 0. The lowest BCUT2D eigenvalue weighted by Crippen LogP contribution is -2.37. The van der Waals surface area contributed by atoms with Crippen LogP contribution in [0.15, 0.2) is 108 Å². The third-order valence-electron chi connectivity index (χ3n) is 7.00. The zero-order valence-corrected chi connectivity index (χ0v) is 22.0. The molecule has 0 saturated heterocycles. The highest BCUT2D eigenvalue weighted by Crippen LogP contribution is 2.26. The van der Waals surface area contributed by atoms with E-state index in [4.69, 9.17) is 4.98 Å². The Kier molecular flexibility index (Phi) is 7.18. The van der Waals surface area contributed by atoms with Gasteiger partial charge in [-0.3, -0.25) is 14.2 Å². The number of hydrogen-bond acceptors (Lipinski definition) is 3. The van der Waals surface area contributed by atoms with Crippen LogP contribution in [0, 0.1) is 6.92 Å². The van der Waals surface area contributed by atoms with E-state index < -0.39 is 6.04 Å². The first-order chi connectivity index (χ1) is 18.5. The van der Waals surface area contributed by atoms with E-state index in [0.29, 0.717) is 28.8 Å². The highest BCUT2D eigenvalue weighted by Gasteiger charge is 2.28. The zero-order chi connectivity index (χ0) is 26.6. The van der Waals surface area contributed by atoms with E-state index >= 15 is 0 Å². The maximum atomic E-state index is 14.0. The fourth-order valence-electron chi connectivity index (χ4n) is 4.73. The number of nitrogens with zero attached hydrogens (tertiary/aromatic N) is 3. The molecule has 0 aliphatic heterocycles. The van der Waals surface area contributed by atoms with E-state index in [0.717, 1.165) is 23.2 Å². The second-order valence-corrected chi connectivity index (χ2v) is 9.61. The molecule has 1 heterocycles. The molecule has 1 unspecified atom stereocenters. The molecule has 0 radical (unpaired) electrons. The molecule has 1 aromatic heterocycles. The van der Waals surface area contributed by atoms with Gasteiger partial charge in [-0.15, -0.1) is 0 Å².